The molecule has 0 saturated heterocycles. The second-order valence-electron chi connectivity index (χ2n) is 13.5. The van der Waals surface area contributed by atoms with E-state index in [1.54, 1.807) is 14.2 Å². The van der Waals surface area contributed by atoms with Gasteiger partial charge in [0.1, 0.15) is 11.5 Å². The van der Waals surface area contributed by atoms with Crippen molar-refractivity contribution in [2.75, 3.05) is 14.2 Å². The highest BCUT2D eigenvalue weighted by atomic mass is 28.3. The predicted octanol–water partition coefficient (Wildman–Crippen LogP) is 11.5. The van der Waals surface area contributed by atoms with E-state index < -0.39 is 8.80 Å². The lowest BCUT2D eigenvalue weighted by Crippen LogP contribution is -2.25. The van der Waals surface area contributed by atoms with Crippen LogP contribution in [0.15, 0.2) is 167 Å². The summed E-state index contributed by atoms with van der Waals surface area (Å²) in [5.41, 5.74) is 12.4. The third-order valence-corrected chi connectivity index (χ3v) is 14.2. The van der Waals surface area contributed by atoms with E-state index in [0.717, 1.165) is 11.5 Å². The van der Waals surface area contributed by atoms with Crippen LogP contribution in [0.1, 0.15) is 36.8 Å². The quantitative estimate of drug-likeness (QED) is 0.195. The molecular weight excluding hydrogens is 601 g/mol. The van der Waals surface area contributed by atoms with Gasteiger partial charge in [0.25, 0.3) is 0 Å². The van der Waals surface area contributed by atoms with Gasteiger partial charge < -0.3 is 9.47 Å². The van der Waals surface area contributed by atoms with E-state index in [2.05, 4.69) is 154 Å². The zero-order chi connectivity index (χ0) is 32.9. The predicted molar refractivity (Wildman–Crippen MR) is 204 cm³/mol. The lowest BCUT2D eigenvalue weighted by atomic mass is 9.88. The molecule has 3 heteroatoms. The monoisotopic (exact) mass is 641 g/mol. The van der Waals surface area contributed by atoms with E-state index in [9.17, 15) is 0 Å². The third kappa shape index (κ3) is 5.00. The van der Waals surface area contributed by atoms with Crippen molar-refractivity contribution in [2.45, 2.75) is 43.3 Å². The van der Waals surface area contributed by atoms with Gasteiger partial charge in [-0.25, -0.2) is 0 Å². The maximum atomic E-state index is 5.76. The largest absolute Gasteiger partial charge is 0.496 e. The van der Waals surface area contributed by atoms with Gasteiger partial charge in [-0.15, -0.1) is 0 Å². The van der Waals surface area contributed by atoms with Gasteiger partial charge in [-0.1, -0.05) is 127 Å². The van der Waals surface area contributed by atoms with E-state index >= 15 is 0 Å². The highest BCUT2D eigenvalue weighted by molar-refractivity contribution is 6.64. The van der Waals surface area contributed by atoms with Crippen molar-refractivity contribution < 1.29 is 9.47 Å². The van der Waals surface area contributed by atoms with Crippen LogP contribution in [0.3, 0.4) is 0 Å². The fourth-order valence-corrected chi connectivity index (χ4v) is 12.1. The Labute approximate surface area is 286 Å². The fraction of sp³-hybridized carbons (Fsp3) is 0.200. The standard InChI is InChI=1S/C45H41O2Si/c1-28-24-40-34(32-22-20-30-12-10-18-42(46-3)38(30)26-32)14-6-8-16-36(40)44(28)48(5)45-29(2)25-41-35(15-7-9-17-37(41)45)33-23-21-31-13-11-19-43(47-4)39(31)27-33/h6-27,34-35,44-45H,1-5H3. The molecule has 4 atom stereocenters. The second kappa shape index (κ2) is 12.3. The molecule has 2 nitrogen and oxygen atoms in total. The van der Waals surface area contributed by atoms with Crippen molar-refractivity contribution >= 4 is 30.3 Å². The summed E-state index contributed by atoms with van der Waals surface area (Å²) in [5.74, 6) is 2.25. The average Bonchev–Trinajstić information content (AvgIpc) is 3.42. The first kappa shape index (κ1) is 30.5. The maximum Gasteiger partial charge on any atom is 0.126 e. The normalized spacial score (nSPS) is 23.0. The van der Waals surface area contributed by atoms with E-state index in [4.69, 9.17) is 9.47 Å². The molecule has 0 fully saturated rings. The smallest absolute Gasteiger partial charge is 0.126 e. The lowest BCUT2D eigenvalue weighted by Gasteiger charge is -2.30. The summed E-state index contributed by atoms with van der Waals surface area (Å²) >= 11 is 0. The van der Waals surface area contributed by atoms with Gasteiger partial charge in [0.05, 0.1) is 23.0 Å². The second-order valence-corrected chi connectivity index (χ2v) is 16.2. The van der Waals surface area contributed by atoms with Gasteiger partial charge in [0, 0.05) is 22.6 Å². The van der Waals surface area contributed by atoms with Crippen LogP contribution in [-0.2, 0) is 0 Å². The summed E-state index contributed by atoms with van der Waals surface area (Å²) in [6.45, 7) is 7.31. The molecule has 48 heavy (non-hydrogen) atoms. The van der Waals surface area contributed by atoms with Gasteiger partial charge in [-0.3, -0.25) is 0 Å². The molecule has 4 aromatic carbocycles. The first-order valence-corrected chi connectivity index (χ1v) is 19.1. The topological polar surface area (TPSA) is 18.5 Å². The van der Waals surface area contributed by atoms with Crippen LogP contribution in [0.2, 0.25) is 17.6 Å². The third-order valence-electron chi connectivity index (χ3n) is 10.8. The van der Waals surface area contributed by atoms with Crippen LogP contribution in [-0.4, -0.2) is 23.0 Å². The SMILES string of the molecule is COc1cccc2ccc(C3C=CC=CC4=C3C=C(C)C4[Si](C)C3C(C)=CC4=C3C=CC=CC4c3ccc4cccc(OC)c4c3)cc12. The number of hydrogen-bond acceptors (Lipinski definition) is 2. The van der Waals surface area contributed by atoms with E-state index in [-0.39, 0.29) is 11.8 Å². The Hall–Kier alpha value is -4.86. The Bertz CT molecular complexity index is 2060. The summed E-state index contributed by atoms with van der Waals surface area (Å²) in [6, 6.07) is 26.3. The van der Waals surface area contributed by atoms with Gasteiger partial charge >= 0.3 is 0 Å². The highest BCUT2D eigenvalue weighted by Crippen LogP contribution is 2.54. The first-order valence-electron chi connectivity index (χ1n) is 17.0. The maximum absolute atomic E-state index is 5.76. The molecule has 8 rings (SSSR count). The van der Waals surface area contributed by atoms with Crippen molar-refractivity contribution in [1.82, 2.24) is 0 Å². The Morgan fingerprint density at radius 2 is 1.00 bits per heavy atom. The number of allylic oxidation sites excluding steroid dienone is 16. The molecule has 0 N–H and O–H groups in total. The Morgan fingerprint density at radius 1 is 0.542 bits per heavy atom. The van der Waals surface area contributed by atoms with Crippen LogP contribution >= 0.6 is 0 Å². The number of benzene rings is 4. The summed E-state index contributed by atoms with van der Waals surface area (Å²) in [5, 5.41) is 4.75. The van der Waals surface area contributed by atoms with Crippen LogP contribution in [0.25, 0.3) is 21.5 Å². The number of rotatable bonds is 6. The number of hydrogen-bond donors (Lipinski definition) is 0. The van der Waals surface area contributed by atoms with Gasteiger partial charge in [0.15, 0.2) is 0 Å². The molecule has 0 saturated carbocycles. The molecule has 0 spiro atoms. The number of methoxy groups -OCH3 is 2. The van der Waals surface area contributed by atoms with Crippen LogP contribution in [0, 0.1) is 0 Å². The molecule has 0 aromatic heterocycles. The van der Waals surface area contributed by atoms with Crippen molar-refractivity contribution in [3.63, 3.8) is 0 Å². The Balaban J connectivity index is 1.17. The molecule has 4 aromatic rings. The molecule has 1 radical (unpaired) electrons. The van der Waals surface area contributed by atoms with Crippen molar-refractivity contribution in [3.8, 4) is 11.5 Å². The average molecular weight is 642 g/mol. The molecule has 4 aliphatic carbocycles. The van der Waals surface area contributed by atoms with Crippen LogP contribution in [0.4, 0.5) is 0 Å². The minimum Gasteiger partial charge on any atom is -0.496 e. The highest BCUT2D eigenvalue weighted by Gasteiger charge is 2.41. The van der Waals surface area contributed by atoms with Crippen molar-refractivity contribution in [2.24, 2.45) is 0 Å². The lowest BCUT2D eigenvalue weighted by molar-refractivity contribution is 0.419. The van der Waals surface area contributed by atoms with Crippen molar-refractivity contribution in [1.29, 1.82) is 0 Å². The minimum absolute atomic E-state index is 0.199. The van der Waals surface area contributed by atoms with E-state index in [0.29, 0.717) is 11.1 Å². The Kier molecular flexibility index (Phi) is 7.81. The fourth-order valence-electron chi connectivity index (χ4n) is 8.67. The summed E-state index contributed by atoms with van der Waals surface area (Å²) < 4.78 is 11.5. The molecule has 0 aliphatic heterocycles. The summed E-state index contributed by atoms with van der Waals surface area (Å²) in [6.07, 6.45) is 23.5. The van der Waals surface area contributed by atoms with Gasteiger partial charge in [-0.05, 0) is 93.4 Å². The first-order chi connectivity index (χ1) is 23.5. The molecule has 237 valence electrons. The van der Waals surface area contributed by atoms with Gasteiger partial charge in [-0.2, -0.15) is 0 Å². The zero-order valence-corrected chi connectivity index (χ0v) is 29.3. The Morgan fingerprint density at radius 3 is 1.44 bits per heavy atom. The van der Waals surface area contributed by atoms with E-state index in [1.165, 1.54) is 66.1 Å². The number of ether oxygens (including phenoxy) is 2. The minimum atomic E-state index is -0.961. The molecule has 0 amide bonds. The van der Waals surface area contributed by atoms with Crippen LogP contribution < -0.4 is 9.47 Å². The number of fused-ring (bicyclic) bond motifs is 2. The zero-order valence-electron chi connectivity index (χ0n) is 28.3. The van der Waals surface area contributed by atoms with Crippen molar-refractivity contribution in [3.05, 3.63) is 178 Å². The summed E-state index contributed by atoms with van der Waals surface area (Å²) in [4.78, 5) is 0. The van der Waals surface area contributed by atoms with Crippen LogP contribution in [0.5, 0.6) is 11.5 Å². The van der Waals surface area contributed by atoms with E-state index in [1.807, 2.05) is 0 Å². The molecule has 4 aliphatic rings. The molecule has 0 bridgehead atoms. The van der Waals surface area contributed by atoms with Gasteiger partial charge in [0.2, 0.25) is 0 Å². The molecule has 0 heterocycles. The molecule has 4 unspecified atom stereocenters. The molecular formula is C45H41O2Si. The summed E-state index contributed by atoms with van der Waals surface area (Å²) in [7, 11) is 2.56.